The molecule has 3 nitrogen and oxygen atoms in total. The number of hydrogen-bond donors (Lipinski definition) is 0. The number of ether oxygens (including phenoxy) is 2. The average molecular weight is 306 g/mol. The summed E-state index contributed by atoms with van der Waals surface area (Å²) >= 11 is 0. The predicted molar refractivity (Wildman–Crippen MR) is 90.4 cm³/mol. The van der Waals surface area contributed by atoms with Gasteiger partial charge in [-0.15, -0.1) is 0 Å². The van der Waals surface area contributed by atoms with Crippen molar-refractivity contribution in [2.45, 2.75) is 64.7 Å². The molecule has 0 fully saturated rings. The van der Waals surface area contributed by atoms with Crippen molar-refractivity contribution in [2.75, 3.05) is 13.7 Å². The molecule has 1 atom stereocenters. The Morgan fingerprint density at radius 1 is 1.14 bits per heavy atom. The summed E-state index contributed by atoms with van der Waals surface area (Å²) in [6.45, 7) is 6.63. The van der Waals surface area contributed by atoms with Crippen LogP contribution in [0.4, 0.5) is 0 Å². The molecule has 0 radical (unpaired) electrons. The maximum absolute atomic E-state index is 12.1. The number of esters is 1. The number of carbonyl (C=O) groups excluding carboxylic acids is 1. The van der Waals surface area contributed by atoms with E-state index in [0.29, 0.717) is 13.0 Å². The van der Waals surface area contributed by atoms with E-state index in [0.717, 1.165) is 24.2 Å². The number of para-hydroxylation sites is 1. The highest BCUT2D eigenvalue weighted by Crippen LogP contribution is 2.39. The summed E-state index contributed by atoms with van der Waals surface area (Å²) in [5.74, 6) is 0.719. The summed E-state index contributed by atoms with van der Waals surface area (Å²) < 4.78 is 10.7. The zero-order valence-electron chi connectivity index (χ0n) is 14.5. The van der Waals surface area contributed by atoms with Gasteiger partial charge < -0.3 is 9.47 Å². The number of methoxy groups -OCH3 is 1. The van der Waals surface area contributed by atoms with Crippen molar-refractivity contribution in [2.24, 2.45) is 0 Å². The number of unbranched alkanes of at least 4 members (excludes halogenated alkanes) is 3. The first-order valence-electron chi connectivity index (χ1n) is 8.36. The number of hydrogen-bond acceptors (Lipinski definition) is 3. The zero-order chi connectivity index (χ0) is 16.4. The molecular weight excluding hydrogens is 276 g/mol. The first-order chi connectivity index (χ1) is 10.6. The lowest BCUT2D eigenvalue weighted by Crippen LogP contribution is -2.27. The van der Waals surface area contributed by atoms with Crippen LogP contribution in [-0.2, 0) is 14.9 Å². The summed E-state index contributed by atoms with van der Waals surface area (Å²) in [5.41, 5.74) is 0.856. The molecular formula is C19H30O3. The predicted octanol–water partition coefficient (Wildman–Crippen LogP) is 4.88. The molecule has 3 heteroatoms. The van der Waals surface area contributed by atoms with Gasteiger partial charge in [0.05, 0.1) is 20.1 Å². The SMILES string of the molecule is CCCCCCC(C)(CC(=O)OCC)c1ccccc1OC. The molecule has 0 aliphatic heterocycles. The normalized spacial score (nSPS) is 13.5. The topological polar surface area (TPSA) is 35.5 Å². The molecule has 0 heterocycles. The smallest absolute Gasteiger partial charge is 0.306 e. The summed E-state index contributed by atoms with van der Waals surface area (Å²) in [4.78, 5) is 12.1. The van der Waals surface area contributed by atoms with Gasteiger partial charge in [-0.3, -0.25) is 4.79 Å². The second-order valence-corrected chi connectivity index (χ2v) is 6.05. The largest absolute Gasteiger partial charge is 0.496 e. The van der Waals surface area contributed by atoms with Crippen molar-refractivity contribution in [3.05, 3.63) is 29.8 Å². The standard InChI is InChI=1S/C19H30O3/c1-5-7-8-11-14-19(3,15-18(20)22-6-2)16-12-9-10-13-17(16)21-4/h9-10,12-13H,5-8,11,14-15H2,1-4H3. The molecule has 0 aliphatic carbocycles. The molecule has 0 spiro atoms. The molecule has 22 heavy (non-hydrogen) atoms. The van der Waals surface area contributed by atoms with Crippen LogP contribution in [0.2, 0.25) is 0 Å². The van der Waals surface area contributed by atoms with Crippen LogP contribution in [0.15, 0.2) is 24.3 Å². The Labute approximate surface area is 135 Å². The van der Waals surface area contributed by atoms with E-state index in [9.17, 15) is 4.79 Å². The molecule has 1 aromatic carbocycles. The lowest BCUT2D eigenvalue weighted by molar-refractivity contribution is -0.144. The van der Waals surface area contributed by atoms with E-state index in [4.69, 9.17) is 9.47 Å². The Balaban J connectivity index is 2.95. The van der Waals surface area contributed by atoms with E-state index in [1.807, 2.05) is 25.1 Å². The fraction of sp³-hybridized carbons (Fsp3) is 0.632. The van der Waals surface area contributed by atoms with Gasteiger partial charge in [0.15, 0.2) is 0 Å². The van der Waals surface area contributed by atoms with E-state index in [2.05, 4.69) is 19.9 Å². The van der Waals surface area contributed by atoms with Crippen molar-refractivity contribution >= 4 is 5.97 Å². The molecule has 1 rings (SSSR count). The van der Waals surface area contributed by atoms with Crippen LogP contribution < -0.4 is 4.74 Å². The van der Waals surface area contributed by atoms with Gasteiger partial charge in [0.25, 0.3) is 0 Å². The highest BCUT2D eigenvalue weighted by molar-refractivity contribution is 5.71. The fourth-order valence-electron chi connectivity index (χ4n) is 2.93. The molecule has 0 aliphatic rings. The summed E-state index contributed by atoms with van der Waals surface area (Å²) in [6.07, 6.45) is 6.12. The molecule has 0 aromatic heterocycles. The molecule has 0 saturated heterocycles. The van der Waals surface area contributed by atoms with Crippen LogP contribution in [-0.4, -0.2) is 19.7 Å². The minimum Gasteiger partial charge on any atom is -0.496 e. The minimum absolute atomic E-state index is 0.133. The quantitative estimate of drug-likeness (QED) is 0.456. The van der Waals surface area contributed by atoms with Crippen molar-refractivity contribution < 1.29 is 14.3 Å². The highest BCUT2D eigenvalue weighted by Gasteiger charge is 2.32. The van der Waals surface area contributed by atoms with Gasteiger partial charge in [0, 0.05) is 11.0 Å². The van der Waals surface area contributed by atoms with E-state index >= 15 is 0 Å². The van der Waals surface area contributed by atoms with Crippen LogP contribution in [0.1, 0.15) is 64.9 Å². The van der Waals surface area contributed by atoms with Crippen LogP contribution in [0, 0.1) is 0 Å². The molecule has 0 amide bonds. The summed E-state index contributed by atoms with van der Waals surface area (Å²) in [7, 11) is 1.68. The monoisotopic (exact) mass is 306 g/mol. The van der Waals surface area contributed by atoms with Crippen molar-refractivity contribution in [1.29, 1.82) is 0 Å². The zero-order valence-corrected chi connectivity index (χ0v) is 14.5. The van der Waals surface area contributed by atoms with Crippen LogP contribution >= 0.6 is 0 Å². The van der Waals surface area contributed by atoms with E-state index in [1.165, 1.54) is 19.3 Å². The molecule has 1 unspecified atom stereocenters. The van der Waals surface area contributed by atoms with Gasteiger partial charge in [-0.1, -0.05) is 57.7 Å². The Morgan fingerprint density at radius 2 is 1.86 bits per heavy atom. The number of carbonyl (C=O) groups is 1. The van der Waals surface area contributed by atoms with Crippen molar-refractivity contribution in [3.63, 3.8) is 0 Å². The third kappa shape index (κ3) is 5.36. The Bertz CT molecular complexity index is 456. The molecule has 0 N–H and O–H groups in total. The molecule has 0 bridgehead atoms. The van der Waals surface area contributed by atoms with Gasteiger partial charge in [0.1, 0.15) is 5.75 Å². The first-order valence-corrected chi connectivity index (χ1v) is 8.36. The van der Waals surface area contributed by atoms with Crippen LogP contribution in [0.5, 0.6) is 5.75 Å². The molecule has 124 valence electrons. The van der Waals surface area contributed by atoms with Gasteiger partial charge >= 0.3 is 5.97 Å². The summed E-state index contributed by atoms with van der Waals surface area (Å²) in [5, 5.41) is 0. The van der Waals surface area contributed by atoms with Crippen molar-refractivity contribution in [3.8, 4) is 5.75 Å². The maximum Gasteiger partial charge on any atom is 0.306 e. The van der Waals surface area contributed by atoms with Gasteiger partial charge in [-0.05, 0) is 19.4 Å². The van der Waals surface area contributed by atoms with E-state index in [-0.39, 0.29) is 11.4 Å². The Morgan fingerprint density at radius 3 is 2.50 bits per heavy atom. The lowest BCUT2D eigenvalue weighted by atomic mass is 9.75. The number of rotatable bonds is 10. The van der Waals surface area contributed by atoms with E-state index in [1.54, 1.807) is 7.11 Å². The van der Waals surface area contributed by atoms with Crippen LogP contribution in [0.25, 0.3) is 0 Å². The number of benzene rings is 1. The van der Waals surface area contributed by atoms with Gasteiger partial charge in [-0.25, -0.2) is 0 Å². The van der Waals surface area contributed by atoms with Crippen molar-refractivity contribution in [1.82, 2.24) is 0 Å². The van der Waals surface area contributed by atoms with Gasteiger partial charge in [0.2, 0.25) is 0 Å². The molecule has 0 saturated carbocycles. The fourth-order valence-corrected chi connectivity index (χ4v) is 2.93. The third-order valence-electron chi connectivity index (χ3n) is 4.18. The highest BCUT2D eigenvalue weighted by atomic mass is 16.5. The Hall–Kier alpha value is -1.51. The Kier molecular flexibility index (Phi) is 8.00. The van der Waals surface area contributed by atoms with Crippen LogP contribution in [0.3, 0.4) is 0 Å². The second-order valence-electron chi connectivity index (χ2n) is 6.05. The average Bonchev–Trinajstić information content (AvgIpc) is 2.51. The second kappa shape index (κ2) is 9.50. The van der Waals surface area contributed by atoms with Gasteiger partial charge in [-0.2, -0.15) is 0 Å². The third-order valence-corrected chi connectivity index (χ3v) is 4.18. The minimum atomic E-state index is -0.243. The van der Waals surface area contributed by atoms with E-state index < -0.39 is 0 Å². The maximum atomic E-state index is 12.1. The molecule has 1 aromatic rings. The lowest BCUT2D eigenvalue weighted by Gasteiger charge is -2.31. The summed E-state index contributed by atoms with van der Waals surface area (Å²) in [6, 6.07) is 8.00. The first kappa shape index (κ1) is 18.5.